The van der Waals surface area contributed by atoms with Crippen LogP contribution in [0.25, 0.3) is 11.3 Å². The lowest BCUT2D eigenvalue weighted by Crippen LogP contribution is -2.23. The number of hydrogen-bond donors (Lipinski definition) is 1. The Morgan fingerprint density at radius 3 is 2.56 bits per heavy atom. The van der Waals surface area contributed by atoms with Gasteiger partial charge in [-0.25, -0.2) is 0 Å². The first-order valence-electron chi connectivity index (χ1n) is 8.25. The number of rotatable bonds is 6. The Balaban J connectivity index is 1.97. The highest BCUT2D eigenvalue weighted by Gasteiger charge is 2.17. The highest BCUT2D eigenvalue weighted by molar-refractivity contribution is 5.99. The van der Waals surface area contributed by atoms with E-state index in [0.717, 1.165) is 11.1 Å². The SMILES string of the molecule is C=CCNC(=O)c1cn(Cc2ccccc2)nc1-c1ccc(C)cc1. The van der Waals surface area contributed by atoms with Crippen LogP contribution in [-0.4, -0.2) is 22.2 Å². The molecule has 4 nitrogen and oxygen atoms in total. The Hall–Kier alpha value is -3.14. The van der Waals surface area contributed by atoms with Crippen LogP contribution in [0.2, 0.25) is 0 Å². The molecule has 4 heteroatoms. The molecule has 0 bridgehead atoms. The van der Waals surface area contributed by atoms with Crippen molar-refractivity contribution in [3.05, 3.63) is 90.1 Å². The quantitative estimate of drug-likeness (QED) is 0.698. The third kappa shape index (κ3) is 4.04. The van der Waals surface area contributed by atoms with Gasteiger partial charge < -0.3 is 5.32 Å². The van der Waals surface area contributed by atoms with Gasteiger partial charge in [0.2, 0.25) is 0 Å². The zero-order chi connectivity index (χ0) is 17.6. The predicted octanol–water partition coefficient (Wildman–Crippen LogP) is 3.82. The summed E-state index contributed by atoms with van der Waals surface area (Å²) in [7, 11) is 0. The third-order valence-corrected chi connectivity index (χ3v) is 3.93. The summed E-state index contributed by atoms with van der Waals surface area (Å²) in [6, 6.07) is 18.1. The monoisotopic (exact) mass is 331 g/mol. The lowest BCUT2D eigenvalue weighted by molar-refractivity contribution is 0.0958. The molecule has 0 unspecified atom stereocenters. The van der Waals surface area contributed by atoms with Crippen molar-refractivity contribution in [2.45, 2.75) is 13.5 Å². The molecule has 1 amide bonds. The fraction of sp³-hybridized carbons (Fsp3) is 0.143. The molecule has 126 valence electrons. The second kappa shape index (κ2) is 7.62. The number of nitrogens with one attached hydrogen (secondary N) is 1. The van der Waals surface area contributed by atoms with Crippen LogP contribution in [0.5, 0.6) is 0 Å². The summed E-state index contributed by atoms with van der Waals surface area (Å²) in [6.45, 7) is 6.73. The van der Waals surface area contributed by atoms with Gasteiger partial charge in [0.15, 0.2) is 0 Å². The van der Waals surface area contributed by atoms with Crippen LogP contribution in [0.1, 0.15) is 21.5 Å². The minimum atomic E-state index is -0.144. The largest absolute Gasteiger partial charge is 0.348 e. The zero-order valence-electron chi connectivity index (χ0n) is 14.3. The minimum Gasteiger partial charge on any atom is -0.348 e. The summed E-state index contributed by atoms with van der Waals surface area (Å²) < 4.78 is 1.81. The molecular formula is C21H21N3O. The fourth-order valence-corrected chi connectivity index (χ4v) is 2.62. The first-order valence-corrected chi connectivity index (χ1v) is 8.25. The molecule has 0 radical (unpaired) electrons. The summed E-state index contributed by atoms with van der Waals surface area (Å²) in [5.41, 5.74) is 4.50. The Bertz CT molecular complexity index is 864. The number of hydrogen-bond acceptors (Lipinski definition) is 2. The first-order chi connectivity index (χ1) is 12.2. The van der Waals surface area contributed by atoms with Crippen molar-refractivity contribution in [2.24, 2.45) is 0 Å². The molecule has 1 aromatic heterocycles. The average molecular weight is 331 g/mol. The van der Waals surface area contributed by atoms with E-state index in [1.165, 1.54) is 5.56 Å². The second-order valence-corrected chi connectivity index (χ2v) is 5.94. The van der Waals surface area contributed by atoms with E-state index >= 15 is 0 Å². The first kappa shape index (κ1) is 16.7. The van der Waals surface area contributed by atoms with E-state index in [2.05, 4.69) is 17.0 Å². The lowest BCUT2D eigenvalue weighted by atomic mass is 10.1. The summed E-state index contributed by atoms with van der Waals surface area (Å²) in [4.78, 5) is 12.5. The molecule has 0 aliphatic heterocycles. The van der Waals surface area contributed by atoms with E-state index in [-0.39, 0.29) is 5.91 Å². The number of aromatic nitrogens is 2. The molecule has 0 saturated heterocycles. The van der Waals surface area contributed by atoms with E-state index < -0.39 is 0 Å². The number of benzene rings is 2. The topological polar surface area (TPSA) is 46.9 Å². The van der Waals surface area contributed by atoms with Crippen molar-refractivity contribution < 1.29 is 4.79 Å². The molecule has 0 atom stereocenters. The van der Waals surface area contributed by atoms with Crippen LogP contribution in [0, 0.1) is 6.92 Å². The van der Waals surface area contributed by atoms with Gasteiger partial charge in [0.05, 0.1) is 12.1 Å². The number of aryl methyl sites for hydroxylation is 1. The van der Waals surface area contributed by atoms with Crippen LogP contribution < -0.4 is 5.32 Å². The van der Waals surface area contributed by atoms with E-state index in [9.17, 15) is 4.79 Å². The smallest absolute Gasteiger partial charge is 0.255 e. The molecule has 2 aromatic carbocycles. The highest BCUT2D eigenvalue weighted by Crippen LogP contribution is 2.23. The molecule has 25 heavy (non-hydrogen) atoms. The second-order valence-electron chi connectivity index (χ2n) is 5.94. The number of carbonyl (C=O) groups is 1. The standard InChI is InChI=1S/C21H21N3O/c1-3-13-22-21(25)19-15-24(14-17-7-5-4-6-8-17)23-20(19)18-11-9-16(2)10-12-18/h3-12,15H,1,13-14H2,2H3,(H,22,25). The Morgan fingerprint density at radius 2 is 1.88 bits per heavy atom. The normalized spacial score (nSPS) is 10.4. The van der Waals surface area contributed by atoms with Crippen LogP contribution in [0.4, 0.5) is 0 Å². The van der Waals surface area contributed by atoms with Crippen molar-refractivity contribution in [1.29, 1.82) is 0 Å². The van der Waals surface area contributed by atoms with Crippen LogP contribution in [0.3, 0.4) is 0 Å². The van der Waals surface area contributed by atoms with Crippen molar-refractivity contribution >= 4 is 5.91 Å². The fourth-order valence-electron chi connectivity index (χ4n) is 2.62. The van der Waals surface area contributed by atoms with Gasteiger partial charge in [0, 0.05) is 18.3 Å². The zero-order valence-corrected chi connectivity index (χ0v) is 14.3. The average Bonchev–Trinajstić information content (AvgIpc) is 3.05. The van der Waals surface area contributed by atoms with Crippen LogP contribution in [-0.2, 0) is 6.54 Å². The summed E-state index contributed by atoms with van der Waals surface area (Å²) in [6.07, 6.45) is 3.47. The molecule has 0 spiro atoms. The molecule has 1 N–H and O–H groups in total. The molecule has 0 saturated carbocycles. The Kier molecular flexibility index (Phi) is 5.09. The van der Waals surface area contributed by atoms with Gasteiger partial charge in [-0.05, 0) is 12.5 Å². The number of nitrogens with zero attached hydrogens (tertiary/aromatic N) is 2. The minimum absolute atomic E-state index is 0.144. The van der Waals surface area contributed by atoms with Gasteiger partial charge in [-0.15, -0.1) is 6.58 Å². The van der Waals surface area contributed by atoms with E-state index in [0.29, 0.717) is 24.3 Å². The molecule has 0 fully saturated rings. The van der Waals surface area contributed by atoms with Crippen LogP contribution >= 0.6 is 0 Å². The lowest BCUT2D eigenvalue weighted by Gasteiger charge is -2.03. The maximum atomic E-state index is 12.5. The van der Waals surface area contributed by atoms with E-state index in [4.69, 9.17) is 0 Å². The van der Waals surface area contributed by atoms with Gasteiger partial charge in [0.25, 0.3) is 5.91 Å². The number of carbonyl (C=O) groups excluding carboxylic acids is 1. The van der Waals surface area contributed by atoms with Crippen molar-refractivity contribution in [2.75, 3.05) is 6.54 Å². The Morgan fingerprint density at radius 1 is 1.16 bits per heavy atom. The summed E-state index contributed by atoms with van der Waals surface area (Å²) in [5, 5.41) is 7.50. The van der Waals surface area contributed by atoms with Crippen molar-refractivity contribution in [3.8, 4) is 11.3 Å². The maximum absolute atomic E-state index is 12.5. The highest BCUT2D eigenvalue weighted by atomic mass is 16.1. The molecule has 3 rings (SSSR count). The number of amides is 1. The Labute approximate surface area is 147 Å². The molecule has 0 aliphatic carbocycles. The van der Waals surface area contributed by atoms with Gasteiger partial charge in [-0.2, -0.15) is 5.10 Å². The molecule has 1 heterocycles. The van der Waals surface area contributed by atoms with Gasteiger partial charge in [-0.3, -0.25) is 9.48 Å². The predicted molar refractivity (Wildman–Crippen MR) is 100 cm³/mol. The maximum Gasteiger partial charge on any atom is 0.255 e. The van der Waals surface area contributed by atoms with E-state index in [1.54, 1.807) is 12.3 Å². The molecular weight excluding hydrogens is 310 g/mol. The van der Waals surface area contributed by atoms with Crippen molar-refractivity contribution in [3.63, 3.8) is 0 Å². The van der Waals surface area contributed by atoms with Gasteiger partial charge >= 0.3 is 0 Å². The van der Waals surface area contributed by atoms with Crippen molar-refractivity contribution in [1.82, 2.24) is 15.1 Å². The summed E-state index contributed by atoms with van der Waals surface area (Å²) >= 11 is 0. The summed E-state index contributed by atoms with van der Waals surface area (Å²) in [5.74, 6) is -0.144. The third-order valence-electron chi connectivity index (χ3n) is 3.93. The molecule has 3 aromatic rings. The molecule has 0 aliphatic rings. The van der Waals surface area contributed by atoms with Crippen LogP contribution in [0.15, 0.2) is 73.4 Å². The van der Waals surface area contributed by atoms with Gasteiger partial charge in [0.1, 0.15) is 5.69 Å². The van der Waals surface area contributed by atoms with E-state index in [1.807, 2.05) is 66.2 Å². The van der Waals surface area contributed by atoms with Gasteiger partial charge in [-0.1, -0.05) is 66.2 Å².